The van der Waals surface area contributed by atoms with E-state index in [0.717, 1.165) is 30.0 Å². The number of allylic oxidation sites excluding steroid dienone is 2. The minimum absolute atomic E-state index is 0.00170. The molecule has 4 nitrogen and oxygen atoms in total. The molecule has 2 aliphatic carbocycles. The van der Waals surface area contributed by atoms with Crippen molar-refractivity contribution in [3.8, 4) is 11.5 Å². The highest BCUT2D eigenvalue weighted by Gasteiger charge is 2.35. The summed E-state index contributed by atoms with van der Waals surface area (Å²) in [6.07, 6.45) is 7.39. The second-order valence-corrected chi connectivity index (χ2v) is 5.86. The van der Waals surface area contributed by atoms with Crippen LogP contribution >= 0.6 is 0 Å². The predicted molar refractivity (Wildman–Crippen MR) is 82.9 cm³/mol. The number of methoxy groups -OCH3 is 1. The van der Waals surface area contributed by atoms with Crippen LogP contribution in [0.3, 0.4) is 0 Å². The Hall–Kier alpha value is -1.68. The molecule has 0 amide bonds. The molecule has 2 N–H and O–H groups in total. The standard InChI is InChI=1S/C17H23NO3/c1-20-16-5-4-15(10-17(16)21-7-6-19)18-11-14-9-12-2-3-13(14)8-12/h2-5,10,12-14,18-19H,6-9,11H2,1H3. The van der Waals surface area contributed by atoms with E-state index in [0.29, 0.717) is 11.5 Å². The van der Waals surface area contributed by atoms with Crippen molar-refractivity contribution in [2.45, 2.75) is 12.8 Å². The molecule has 2 bridgehead atoms. The van der Waals surface area contributed by atoms with E-state index in [4.69, 9.17) is 14.6 Å². The van der Waals surface area contributed by atoms with Gasteiger partial charge in [0.2, 0.25) is 0 Å². The Morgan fingerprint density at radius 1 is 1.24 bits per heavy atom. The van der Waals surface area contributed by atoms with Gasteiger partial charge in [-0.15, -0.1) is 0 Å². The van der Waals surface area contributed by atoms with Gasteiger partial charge in [0, 0.05) is 18.3 Å². The lowest BCUT2D eigenvalue weighted by atomic mass is 9.93. The number of hydrogen-bond acceptors (Lipinski definition) is 4. The van der Waals surface area contributed by atoms with Gasteiger partial charge in [-0.2, -0.15) is 0 Å². The molecule has 0 radical (unpaired) electrons. The van der Waals surface area contributed by atoms with E-state index < -0.39 is 0 Å². The molecule has 1 aromatic carbocycles. The van der Waals surface area contributed by atoms with Gasteiger partial charge in [0.25, 0.3) is 0 Å². The molecule has 4 heteroatoms. The maximum Gasteiger partial charge on any atom is 0.163 e. The number of aliphatic hydroxyl groups is 1. The van der Waals surface area contributed by atoms with Gasteiger partial charge >= 0.3 is 0 Å². The van der Waals surface area contributed by atoms with Crippen LogP contribution in [0.1, 0.15) is 12.8 Å². The van der Waals surface area contributed by atoms with Crippen LogP contribution in [0.5, 0.6) is 11.5 Å². The summed E-state index contributed by atoms with van der Waals surface area (Å²) >= 11 is 0. The number of hydrogen-bond donors (Lipinski definition) is 2. The number of aliphatic hydroxyl groups excluding tert-OH is 1. The molecule has 2 aliphatic rings. The molecule has 1 saturated carbocycles. The van der Waals surface area contributed by atoms with E-state index in [1.807, 2.05) is 18.2 Å². The molecule has 1 fully saturated rings. The molecular weight excluding hydrogens is 266 g/mol. The van der Waals surface area contributed by atoms with Crippen molar-refractivity contribution in [1.82, 2.24) is 0 Å². The number of benzene rings is 1. The minimum atomic E-state index is -0.00170. The first-order valence-electron chi connectivity index (χ1n) is 7.64. The van der Waals surface area contributed by atoms with Crippen molar-refractivity contribution in [1.29, 1.82) is 0 Å². The van der Waals surface area contributed by atoms with E-state index in [1.54, 1.807) is 7.11 Å². The van der Waals surface area contributed by atoms with Gasteiger partial charge in [0.1, 0.15) is 6.61 Å². The smallest absolute Gasteiger partial charge is 0.163 e. The molecule has 3 unspecified atom stereocenters. The summed E-state index contributed by atoms with van der Waals surface area (Å²) in [5.74, 6) is 3.66. The molecule has 0 saturated heterocycles. The second kappa shape index (κ2) is 6.39. The van der Waals surface area contributed by atoms with Gasteiger partial charge < -0.3 is 19.9 Å². The van der Waals surface area contributed by atoms with Crippen LogP contribution in [-0.4, -0.2) is 32.0 Å². The van der Waals surface area contributed by atoms with Crippen molar-refractivity contribution in [3.05, 3.63) is 30.4 Å². The van der Waals surface area contributed by atoms with Crippen molar-refractivity contribution in [3.63, 3.8) is 0 Å². The van der Waals surface area contributed by atoms with Gasteiger partial charge in [0.15, 0.2) is 11.5 Å². The summed E-state index contributed by atoms with van der Waals surface area (Å²) in [6.45, 7) is 1.27. The van der Waals surface area contributed by atoms with Crippen LogP contribution in [0, 0.1) is 17.8 Å². The fourth-order valence-corrected chi connectivity index (χ4v) is 3.43. The molecule has 3 atom stereocenters. The minimum Gasteiger partial charge on any atom is -0.493 e. The molecule has 0 heterocycles. The summed E-state index contributed by atoms with van der Waals surface area (Å²) in [5, 5.41) is 12.4. The molecule has 1 aromatic rings. The number of ether oxygens (including phenoxy) is 2. The molecule has 21 heavy (non-hydrogen) atoms. The first-order valence-corrected chi connectivity index (χ1v) is 7.64. The molecule has 0 aliphatic heterocycles. The summed E-state index contributed by atoms with van der Waals surface area (Å²) in [5.41, 5.74) is 1.04. The van der Waals surface area contributed by atoms with Gasteiger partial charge in [-0.3, -0.25) is 0 Å². The molecule has 3 rings (SSSR count). The summed E-state index contributed by atoms with van der Waals surface area (Å²) in [7, 11) is 1.62. The van der Waals surface area contributed by atoms with Gasteiger partial charge in [0.05, 0.1) is 13.7 Å². The van der Waals surface area contributed by atoms with Crippen LogP contribution < -0.4 is 14.8 Å². The van der Waals surface area contributed by atoms with Gasteiger partial charge in [-0.05, 0) is 42.7 Å². The Balaban J connectivity index is 1.61. The van der Waals surface area contributed by atoms with Crippen molar-refractivity contribution in [2.75, 3.05) is 32.2 Å². The Morgan fingerprint density at radius 2 is 2.14 bits per heavy atom. The molecule has 114 valence electrons. The largest absolute Gasteiger partial charge is 0.493 e. The van der Waals surface area contributed by atoms with Crippen molar-refractivity contribution < 1.29 is 14.6 Å². The first kappa shape index (κ1) is 14.3. The van der Waals surface area contributed by atoms with E-state index in [9.17, 15) is 0 Å². The van der Waals surface area contributed by atoms with E-state index in [1.165, 1.54) is 12.8 Å². The monoisotopic (exact) mass is 289 g/mol. The predicted octanol–water partition coefficient (Wildman–Crippen LogP) is 2.69. The second-order valence-electron chi connectivity index (χ2n) is 5.86. The third-order valence-corrected chi connectivity index (χ3v) is 4.50. The SMILES string of the molecule is COc1ccc(NCC2CC3C=CC2C3)cc1OCCO. The summed E-state index contributed by atoms with van der Waals surface area (Å²) < 4.78 is 10.8. The van der Waals surface area contributed by atoms with Gasteiger partial charge in [-0.25, -0.2) is 0 Å². The van der Waals surface area contributed by atoms with Crippen LogP contribution in [0.25, 0.3) is 0 Å². The van der Waals surface area contributed by atoms with Crippen LogP contribution in [-0.2, 0) is 0 Å². The van der Waals surface area contributed by atoms with E-state index >= 15 is 0 Å². The van der Waals surface area contributed by atoms with E-state index in [-0.39, 0.29) is 13.2 Å². The van der Waals surface area contributed by atoms with Gasteiger partial charge in [-0.1, -0.05) is 12.2 Å². The highest BCUT2D eigenvalue weighted by Crippen LogP contribution is 2.43. The van der Waals surface area contributed by atoms with Crippen LogP contribution in [0.2, 0.25) is 0 Å². The lowest BCUT2D eigenvalue weighted by Crippen LogP contribution is -2.18. The summed E-state index contributed by atoms with van der Waals surface area (Å²) in [6, 6.07) is 5.85. The zero-order chi connectivity index (χ0) is 14.7. The maximum atomic E-state index is 8.88. The number of rotatable bonds is 7. The fourth-order valence-electron chi connectivity index (χ4n) is 3.43. The third kappa shape index (κ3) is 3.16. The summed E-state index contributed by atoms with van der Waals surface area (Å²) in [4.78, 5) is 0. The number of fused-ring (bicyclic) bond motifs is 2. The van der Waals surface area contributed by atoms with Crippen LogP contribution in [0.4, 0.5) is 5.69 Å². The highest BCUT2D eigenvalue weighted by atomic mass is 16.5. The number of anilines is 1. The Bertz CT molecular complexity index is 515. The lowest BCUT2D eigenvalue weighted by Gasteiger charge is -2.20. The Kier molecular flexibility index (Phi) is 4.34. The normalized spacial score (nSPS) is 26.1. The van der Waals surface area contributed by atoms with E-state index in [2.05, 4.69) is 17.5 Å². The lowest BCUT2D eigenvalue weighted by molar-refractivity contribution is 0.196. The first-order chi connectivity index (χ1) is 10.3. The maximum absolute atomic E-state index is 8.88. The van der Waals surface area contributed by atoms with Crippen molar-refractivity contribution >= 4 is 5.69 Å². The quantitative estimate of drug-likeness (QED) is 0.758. The molecular formula is C17H23NO3. The average Bonchev–Trinajstić information content (AvgIpc) is 3.13. The number of nitrogens with one attached hydrogen (secondary N) is 1. The van der Waals surface area contributed by atoms with Crippen molar-refractivity contribution in [2.24, 2.45) is 17.8 Å². The Morgan fingerprint density at radius 3 is 2.81 bits per heavy atom. The molecule has 0 aromatic heterocycles. The average molecular weight is 289 g/mol. The Labute approximate surface area is 125 Å². The zero-order valence-corrected chi connectivity index (χ0v) is 12.4. The zero-order valence-electron chi connectivity index (χ0n) is 12.4. The fraction of sp³-hybridized carbons (Fsp3) is 0.529. The molecule has 0 spiro atoms. The third-order valence-electron chi connectivity index (χ3n) is 4.50. The van der Waals surface area contributed by atoms with Crippen LogP contribution in [0.15, 0.2) is 30.4 Å². The highest BCUT2D eigenvalue weighted by molar-refractivity contribution is 5.54. The topological polar surface area (TPSA) is 50.7 Å².